The summed E-state index contributed by atoms with van der Waals surface area (Å²) in [4.78, 5) is 12.5. The number of hydrogen-bond acceptors (Lipinski definition) is 3. The fourth-order valence-corrected chi connectivity index (χ4v) is 4.25. The smallest absolute Gasteiger partial charge is 0.336 e. The molecule has 2 aromatic rings. The molecular formula is C12H8BrClO2S2. The van der Waals surface area contributed by atoms with Crippen LogP contribution >= 0.6 is 50.2 Å². The Bertz CT molecular complexity index is 628. The fraction of sp³-hybridized carbons (Fsp3) is 0.0833. The molecule has 0 spiro atoms. The summed E-state index contributed by atoms with van der Waals surface area (Å²) in [5, 5.41) is 11.2. The Morgan fingerprint density at radius 1 is 1.50 bits per heavy atom. The molecule has 0 aliphatic heterocycles. The van der Waals surface area contributed by atoms with Crippen LogP contribution in [0, 0.1) is 6.92 Å². The van der Waals surface area contributed by atoms with Gasteiger partial charge >= 0.3 is 5.97 Å². The highest BCUT2D eigenvalue weighted by atomic mass is 79.9. The van der Waals surface area contributed by atoms with Crippen molar-refractivity contribution in [3.8, 4) is 0 Å². The van der Waals surface area contributed by atoms with Crippen LogP contribution in [-0.4, -0.2) is 11.1 Å². The first kappa shape index (κ1) is 13.8. The van der Waals surface area contributed by atoms with Gasteiger partial charge in [0.1, 0.15) is 0 Å². The number of aliphatic carboxylic acids is 1. The second-order valence-electron chi connectivity index (χ2n) is 3.59. The van der Waals surface area contributed by atoms with Crippen molar-refractivity contribution in [1.82, 2.24) is 0 Å². The van der Waals surface area contributed by atoms with Crippen LogP contribution in [0.4, 0.5) is 0 Å². The van der Waals surface area contributed by atoms with Gasteiger partial charge in [0.2, 0.25) is 0 Å². The Hall–Kier alpha value is -0.620. The Kier molecular flexibility index (Phi) is 4.27. The number of carbonyl (C=O) groups is 1. The van der Waals surface area contributed by atoms with Crippen LogP contribution in [0.2, 0.25) is 4.34 Å². The minimum atomic E-state index is -0.964. The van der Waals surface area contributed by atoms with Gasteiger partial charge < -0.3 is 5.11 Å². The van der Waals surface area contributed by atoms with Crippen LogP contribution in [0.3, 0.4) is 0 Å². The van der Waals surface area contributed by atoms with Crippen LogP contribution in [0.5, 0.6) is 0 Å². The van der Waals surface area contributed by atoms with E-state index in [0.717, 1.165) is 14.2 Å². The molecule has 2 rings (SSSR count). The summed E-state index contributed by atoms with van der Waals surface area (Å²) in [6.07, 6.45) is 1.66. The summed E-state index contributed by atoms with van der Waals surface area (Å²) in [6, 6.07) is 3.62. The van der Waals surface area contributed by atoms with E-state index in [2.05, 4.69) is 15.9 Å². The molecular weight excluding hydrogens is 356 g/mol. The maximum atomic E-state index is 11.3. The molecule has 0 radical (unpaired) electrons. The van der Waals surface area contributed by atoms with E-state index in [9.17, 15) is 9.90 Å². The minimum Gasteiger partial charge on any atom is -0.478 e. The second kappa shape index (κ2) is 5.57. The van der Waals surface area contributed by atoms with Crippen molar-refractivity contribution < 1.29 is 9.90 Å². The van der Waals surface area contributed by atoms with E-state index in [0.29, 0.717) is 9.90 Å². The zero-order valence-electron chi connectivity index (χ0n) is 9.24. The van der Waals surface area contributed by atoms with Crippen molar-refractivity contribution in [2.75, 3.05) is 0 Å². The zero-order chi connectivity index (χ0) is 13.3. The number of carboxylic acids is 1. The Balaban J connectivity index is 2.50. The molecule has 0 aliphatic carbocycles. The van der Waals surface area contributed by atoms with Gasteiger partial charge in [-0.3, -0.25) is 0 Å². The Labute approximate surface area is 126 Å². The molecule has 94 valence electrons. The Morgan fingerprint density at radius 3 is 2.67 bits per heavy atom. The molecule has 0 saturated heterocycles. The summed E-state index contributed by atoms with van der Waals surface area (Å²) < 4.78 is 1.29. The monoisotopic (exact) mass is 362 g/mol. The first-order chi connectivity index (χ1) is 8.47. The lowest BCUT2D eigenvalue weighted by Gasteiger charge is -2.00. The van der Waals surface area contributed by atoms with E-state index < -0.39 is 5.97 Å². The Morgan fingerprint density at radius 2 is 2.22 bits per heavy atom. The second-order valence-corrected chi connectivity index (χ2v) is 7.71. The lowest BCUT2D eigenvalue weighted by Crippen LogP contribution is -1.98. The maximum Gasteiger partial charge on any atom is 0.336 e. The van der Waals surface area contributed by atoms with E-state index in [1.165, 1.54) is 11.3 Å². The van der Waals surface area contributed by atoms with Gasteiger partial charge in [0.05, 0.1) is 13.7 Å². The first-order valence-electron chi connectivity index (χ1n) is 4.92. The van der Waals surface area contributed by atoms with E-state index >= 15 is 0 Å². The van der Waals surface area contributed by atoms with Crippen LogP contribution in [0.25, 0.3) is 11.6 Å². The van der Waals surface area contributed by atoms with Gasteiger partial charge in [-0.25, -0.2) is 4.79 Å². The molecule has 6 heteroatoms. The van der Waals surface area contributed by atoms with Crippen LogP contribution in [-0.2, 0) is 4.79 Å². The highest BCUT2D eigenvalue weighted by molar-refractivity contribution is 9.11. The van der Waals surface area contributed by atoms with Gasteiger partial charge in [0.25, 0.3) is 0 Å². The predicted molar refractivity (Wildman–Crippen MR) is 81.6 cm³/mol. The molecule has 0 saturated carbocycles. The standard InChI is InChI=1S/C12H8BrClO2S2/c1-6-2-7(5-17-6)3-9(12(15)16)8-4-10(14)18-11(8)13/h2-5H,1H3,(H,15,16). The predicted octanol–water partition coefficient (Wildman–Crippen LogP) is 5.16. The third-order valence-electron chi connectivity index (χ3n) is 2.24. The SMILES string of the molecule is Cc1cc(C=C(C(=O)O)c2cc(Cl)sc2Br)cs1. The lowest BCUT2D eigenvalue weighted by molar-refractivity contribution is -0.130. The van der Waals surface area contributed by atoms with E-state index in [1.807, 2.05) is 18.4 Å². The highest BCUT2D eigenvalue weighted by Crippen LogP contribution is 2.36. The van der Waals surface area contributed by atoms with Gasteiger partial charge in [0, 0.05) is 10.4 Å². The molecule has 0 aliphatic rings. The van der Waals surface area contributed by atoms with Gasteiger partial charge in [-0.15, -0.1) is 22.7 Å². The van der Waals surface area contributed by atoms with Crippen molar-refractivity contribution in [1.29, 1.82) is 0 Å². The number of aryl methyl sites for hydroxylation is 1. The summed E-state index contributed by atoms with van der Waals surface area (Å²) in [6.45, 7) is 1.99. The molecule has 1 N–H and O–H groups in total. The maximum absolute atomic E-state index is 11.3. The minimum absolute atomic E-state index is 0.239. The van der Waals surface area contributed by atoms with Crippen molar-refractivity contribution in [3.63, 3.8) is 0 Å². The molecule has 0 fully saturated rings. The topological polar surface area (TPSA) is 37.3 Å². The third kappa shape index (κ3) is 3.03. The van der Waals surface area contributed by atoms with Crippen LogP contribution < -0.4 is 0 Å². The molecule has 0 aromatic carbocycles. The quantitative estimate of drug-likeness (QED) is 0.765. The number of hydrogen-bond donors (Lipinski definition) is 1. The van der Waals surface area contributed by atoms with E-state index in [-0.39, 0.29) is 5.57 Å². The van der Waals surface area contributed by atoms with Gasteiger partial charge in [0.15, 0.2) is 0 Å². The van der Waals surface area contributed by atoms with Crippen molar-refractivity contribution in [2.24, 2.45) is 0 Å². The third-order valence-corrected chi connectivity index (χ3v) is 5.08. The molecule has 2 nitrogen and oxygen atoms in total. The number of halogens is 2. The lowest BCUT2D eigenvalue weighted by atomic mass is 10.1. The molecule has 2 aromatic heterocycles. The number of carboxylic acid groups (broad SMARTS) is 1. The summed E-state index contributed by atoms with van der Waals surface area (Å²) in [5.74, 6) is -0.964. The summed E-state index contributed by atoms with van der Waals surface area (Å²) in [5.41, 5.74) is 1.74. The summed E-state index contributed by atoms with van der Waals surface area (Å²) in [7, 11) is 0. The molecule has 0 unspecified atom stereocenters. The average Bonchev–Trinajstić information content (AvgIpc) is 2.81. The normalized spacial score (nSPS) is 11.8. The van der Waals surface area contributed by atoms with Crippen molar-refractivity contribution >= 4 is 67.8 Å². The van der Waals surface area contributed by atoms with Crippen molar-refractivity contribution in [3.05, 3.63) is 41.6 Å². The number of rotatable bonds is 3. The summed E-state index contributed by atoms with van der Waals surface area (Å²) >= 11 is 12.1. The van der Waals surface area contributed by atoms with Gasteiger partial charge in [-0.1, -0.05) is 11.6 Å². The largest absolute Gasteiger partial charge is 0.478 e. The molecule has 0 amide bonds. The van der Waals surface area contributed by atoms with E-state index in [4.69, 9.17) is 11.6 Å². The van der Waals surface area contributed by atoms with E-state index in [1.54, 1.807) is 23.5 Å². The average molecular weight is 364 g/mol. The van der Waals surface area contributed by atoms with Crippen LogP contribution in [0.1, 0.15) is 16.0 Å². The molecule has 0 bridgehead atoms. The fourth-order valence-electron chi connectivity index (χ4n) is 1.48. The van der Waals surface area contributed by atoms with Crippen LogP contribution in [0.15, 0.2) is 21.3 Å². The molecule has 18 heavy (non-hydrogen) atoms. The number of thiophene rings is 2. The van der Waals surface area contributed by atoms with Gasteiger partial charge in [-0.2, -0.15) is 0 Å². The molecule has 0 atom stereocenters. The van der Waals surface area contributed by atoms with Gasteiger partial charge in [-0.05, 0) is 52.0 Å². The first-order valence-corrected chi connectivity index (χ1v) is 7.79. The van der Waals surface area contributed by atoms with Crippen molar-refractivity contribution in [2.45, 2.75) is 6.92 Å². The molecule has 2 heterocycles. The highest BCUT2D eigenvalue weighted by Gasteiger charge is 2.16. The zero-order valence-corrected chi connectivity index (χ0v) is 13.2.